The molecule has 0 aliphatic rings. The lowest BCUT2D eigenvalue weighted by molar-refractivity contribution is -0.422. The Kier molecular flexibility index (Phi) is 5.95. The predicted molar refractivity (Wildman–Crippen MR) is 59.8 cm³/mol. The van der Waals surface area contributed by atoms with Crippen LogP contribution in [0.1, 0.15) is 13.3 Å². The van der Waals surface area contributed by atoms with Crippen LogP contribution in [-0.2, 0) is 9.53 Å². The first-order valence-corrected chi connectivity index (χ1v) is 6.33. The average Bonchev–Trinajstić information content (AvgIpc) is 2.34. The molecule has 0 aliphatic heterocycles. The Balaban J connectivity index is 5.99. The number of hydrogen-bond acceptors (Lipinski definition) is 2. The van der Waals surface area contributed by atoms with Gasteiger partial charge in [-0.05, 0) is 6.92 Å². The number of esters is 1. The van der Waals surface area contributed by atoms with Crippen LogP contribution in [0, 0.1) is 0 Å². The minimum Gasteiger partial charge on any atom is -0.468 e. The van der Waals surface area contributed by atoms with E-state index >= 15 is 0 Å². The maximum atomic E-state index is 13.4. The number of carbonyl (C=O) groups excluding carboxylic acids is 1. The van der Waals surface area contributed by atoms with Crippen molar-refractivity contribution in [3.63, 3.8) is 0 Å². The third kappa shape index (κ3) is 3.57. The number of carbonyl (C=O) groups is 1. The molecule has 24 heavy (non-hydrogen) atoms. The molecule has 0 aromatic rings. The number of halogens is 12. The van der Waals surface area contributed by atoms with Crippen molar-refractivity contribution < 1.29 is 57.8 Å². The molecular weight excluding hydrogens is 441 g/mol. The van der Waals surface area contributed by atoms with E-state index in [0.29, 0.717) is 14.0 Å². The summed E-state index contributed by atoms with van der Waals surface area (Å²) < 4.78 is 141. The first-order valence-electron chi connectivity index (χ1n) is 5.54. The molecule has 14 heteroatoms. The fourth-order valence-corrected chi connectivity index (χ4v) is 1.93. The third-order valence-electron chi connectivity index (χ3n) is 2.77. The molecule has 0 aromatic heterocycles. The SMILES string of the molecule is COC(=O)C(C)(Br)CC(F)(F)C(F)(F)C(F)(F)C(F)(F)C(F)(F)F. The van der Waals surface area contributed by atoms with Gasteiger partial charge in [-0.1, -0.05) is 15.9 Å². The van der Waals surface area contributed by atoms with Gasteiger partial charge in [-0.25, -0.2) is 0 Å². The molecule has 0 aromatic carbocycles. The lowest BCUT2D eigenvalue weighted by Crippen LogP contribution is -2.67. The van der Waals surface area contributed by atoms with E-state index < -0.39 is 46.6 Å². The van der Waals surface area contributed by atoms with Gasteiger partial charge in [-0.15, -0.1) is 0 Å². The van der Waals surface area contributed by atoms with Gasteiger partial charge in [0.1, 0.15) is 4.32 Å². The summed E-state index contributed by atoms with van der Waals surface area (Å²) >= 11 is 2.15. The van der Waals surface area contributed by atoms with E-state index in [0.717, 1.165) is 0 Å². The van der Waals surface area contributed by atoms with Crippen LogP contribution >= 0.6 is 15.9 Å². The van der Waals surface area contributed by atoms with Gasteiger partial charge in [0.15, 0.2) is 0 Å². The Morgan fingerprint density at radius 2 is 1.21 bits per heavy atom. The van der Waals surface area contributed by atoms with E-state index in [1.165, 1.54) is 0 Å². The molecule has 0 amide bonds. The van der Waals surface area contributed by atoms with Crippen LogP contribution in [0.3, 0.4) is 0 Å². The highest BCUT2D eigenvalue weighted by atomic mass is 79.9. The lowest BCUT2D eigenvalue weighted by Gasteiger charge is -2.38. The fraction of sp³-hybridized carbons (Fsp3) is 0.900. The minimum atomic E-state index is -7.50. The van der Waals surface area contributed by atoms with E-state index in [1.807, 2.05) is 0 Å². The van der Waals surface area contributed by atoms with Crippen molar-refractivity contribution in [2.45, 2.75) is 47.5 Å². The van der Waals surface area contributed by atoms with Gasteiger partial charge in [0.2, 0.25) is 0 Å². The zero-order valence-corrected chi connectivity index (χ0v) is 13.1. The Labute approximate surface area is 135 Å². The quantitative estimate of drug-likeness (QED) is 0.331. The second-order valence-corrected chi connectivity index (χ2v) is 6.54. The molecule has 0 radical (unpaired) electrons. The highest BCUT2D eigenvalue weighted by Gasteiger charge is 2.87. The zero-order valence-electron chi connectivity index (χ0n) is 11.6. The molecule has 2 nitrogen and oxygen atoms in total. The average molecular weight is 449 g/mol. The molecule has 0 bridgehead atoms. The minimum absolute atomic E-state index is 0.447. The van der Waals surface area contributed by atoms with Crippen molar-refractivity contribution in [1.29, 1.82) is 0 Å². The van der Waals surface area contributed by atoms with Gasteiger partial charge in [-0.2, -0.15) is 48.3 Å². The Bertz CT molecular complexity index is 484. The molecule has 0 saturated heterocycles. The molecule has 0 saturated carbocycles. The molecule has 0 aliphatic carbocycles. The lowest BCUT2D eigenvalue weighted by atomic mass is 9.91. The summed E-state index contributed by atoms with van der Waals surface area (Å²) in [4.78, 5) is 11.1. The smallest absolute Gasteiger partial charge is 0.460 e. The number of rotatable bonds is 6. The van der Waals surface area contributed by atoms with Crippen molar-refractivity contribution in [3.05, 3.63) is 0 Å². The van der Waals surface area contributed by atoms with Crippen molar-refractivity contribution in [2.75, 3.05) is 7.11 Å². The highest BCUT2D eigenvalue weighted by molar-refractivity contribution is 9.10. The predicted octanol–water partition coefficient (Wildman–Crippen LogP) is 4.81. The standard InChI is InChI=1S/C10H8BrF11O2/c1-5(11,4(23)24-2)3-6(12,13)7(14,15)8(16,17)9(18,19)10(20,21)22/h3H2,1-2H3. The first-order chi connectivity index (χ1) is 10.2. The van der Waals surface area contributed by atoms with E-state index in [4.69, 9.17) is 0 Å². The van der Waals surface area contributed by atoms with Gasteiger partial charge in [-0.3, -0.25) is 4.79 Å². The fourth-order valence-electron chi connectivity index (χ4n) is 1.42. The van der Waals surface area contributed by atoms with Crippen molar-refractivity contribution in [2.24, 2.45) is 0 Å². The zero-order chi connectivity index (χ0) is 20.0. The molecule has 0 N–H and O–H groups in total. The van der Waals surface area contributed by atoms with Crippen LogP contribution in [-0.4, -0.2) is 47.3 Å². The summed E-state index contributed by atoms with van der Waals surface area (Å²) in [6, 6.07) is 0. The first kappa shape index (κ1) is 23.2. The van der Waals surface area contributed by atoms with Crippen molar-refractivity contribution in [3.8, 4) is 0 Å². The highest BCUT2D eigenvalue weighted by Crippen LogP contribution is 2.58. The van der Waals surface area contributed by atoms with Crippen LogP contribution in [0.15, 0.2) is 0 Å². The van der Waals surface area contributed by atoms with Crippen LogP contribution in [0.4, 0.5) is 48.3 Å². The van der Waals surface area contributed by atoms with Crippen molar-refractivity contribution in [1.82, 2.24) is 0 Å². The Morgan fingerprint density at radius 1 is 0.833 bits per heavy atom. The molecule has 144 valence electrons. The molecule has 0 spiro atoms. The van der Waals surface area contributed by atoms with E-state index in [9.17, 15) is 53.1 Å². The second kappa shape index (κ2) is 6.16. The molecule has 0 fully saturated rings. The topological polar surface area (TPSA) is 26.3 Å². The Morgan fingerprint density at radius 3 is 1.50 bits per heavy atom. The van der Waals surface area contributed by atoms with Gasteiger partial charge in [0.25, 0.3) is 0 Å². The Hall–Kier alpha value is -0.820. The number of ether oxygens (including phenoxy) is 1. The van der Waals surface area contributed by atoms with E-state index in [-0.39, 0.29) is 0 Å². The van der Waals surface area contributed by atoms with Crippen LogP contribution in [0.25, 0.3) is 0 Å². The molecule has 1 atom stereocenters. The summed E-state index contributed by atoms with van der Waals surface area (Å²) in [5, 5.41) is 0. The molecule has 1 unspecified atom stereocenters. The van der Waals surface area contributed by atoms with Gasteiger partial charge < -0.3 is 4.74 Å². The molecule has 0 rings (SSSR count). The summed E-state index contributed by atoms with van der Waals surface area (Å²) in [5.41, 5.74) is 0. The van der Waals surface area contributed by atoms with Gasteiger partial charge in [0.05, 0.1) is 7.11 Å². The summed E-state index contributed by atoms with van der Waals surface area (Å²) in [6.45, 7) is 0.447. The van der Waals surface area contributed by atoms with Crippen molar-refractivity contribution >= 4 is 21.9 Å². The third-order valence-corrected chi connectivity index (χ3v) is 3.37. The summed E-state index contributed by atoms with van der Waals surface area (Å²) in [7, 11) is 0.602. The maximum absolute atomic E-state index is 13.4. The van der Waals surface area contributed by atoms with Crippen LogP contribution in [0.5, 0.6) is 0 Å². The summed E-state index contributed by atoms with van der Waals surface area (Å²) in [6.07, 6.45) is -9.78. The molecule has 0 heterocycles. The number of methoxy groups -OCH3 is 1. The second-order valence-electron chi connectivity index (χ2n) is 4.79. The van der Waals surface area contributed by atoms with E-state index in [2.05, 4.69) is 20.7 Å². The van der Waals surface area contributed by atoms with Crippen LogP contribution < -0.4 is 0 Å². The van der Waals surface area contributed by atoms with Gasteiger partial charge in [0, 0.05) is 6.42 Å². The summed E-state index contributed by atoms with van der Waals surface area (Å²) in [5.74, 6) is -29.9. The maximum Gasteiger partial charge on any atom is 0.460 e. The van der Waals surface area contributed by atoms with E-state index in [1.54, 1.807) is 0 Å². The van der Waals surface area contributed by atoms with Crippen LogP contribution in [0.2, 0.25) is 0 Å². The normalized spacial score (nSPS) is 17.4. The number of alkyl halides is 12. The monoisotopic (exact) mass is 448 g/mol. The van der Waals surface area contributed by atoms with Gasteiger partial charge >= 0.3 is 35.8 Å². The molecular formula is C10H8BrF11O2. The number of hydrogen-bond donors (Lipinski definition) is 0. The largest absolute Gasteiger partial charge is 0.468 e.